The van der Waals surface area contributed by atoms with Crippen molar-refractivity contribution in [2.45, 2.75) is 19.3 Å². The molecule has 0 saturated carbocycles. The molecule has 1 aliphatic carbocycles. The van der Waals surface area contributed by atoms with Crippen molar-refractivity contribution >= 4 is 72.4 Å². The molecule has 2 nitrogen and oxygen atoms in total. The summed E-state index contributed by atoms with van der Waals surface area (Å²) in [6, 6.07) is 78.0. The van der Waals surface area contributed by atoms with Gasteiger partial charge in [-0.05, 0) is 103 Å². The fourth-order valence-electron chi connectivity index (χ4n) is 11.4. The van der Waals surface area contributed by atoms with E-state index in [9.17, 15) is 0 Å². The lowest BCUT2D eigenvalue weighted by atomic mass is 9.82. The maximum Gasteiger partial charge on any atom is 0.180 e. The molecular formula is C57H40N2Si. The van der Waals surface area contributed by atoms with Crippen LogP contribution >= 0.6 is 0 Å². The van der Waals surface area contributed by atoms with E-state index in [1.807, 2.05) is 0 Å². The van der Waals surface area contributed by atoms with Crippen LogP contribution in [0.15, 0.2) is 206 Å². The monoisotopic (exact) mass is 780 g/mol. The Balaban J connectivity index is 1.07. The molecule has 3 heteroatoms. The Labute approximate surface area is 350 Å². The highest BCUT2D eigenvalue weighted by atomic mass is 28.3. The van der Waals surface area contributed by atoms with Crippen LogP contribution in [0.3, 0.4) is 0 Å². The number of nitrogens with zero attached hydrogens (tertiary/aromatic N) is 2. The minimum atomic E-state index is -2.67. The molecule has 0 N–H and O–H groups in total. The summed E-state index contributed by atoms with van der Waals surface area (Å²) in [5, 5.41) is 10.8. The highest BCUT2D eigenvalue weighted by molar-refractivity contribution is 7.22. The zero-order chi connectivity index (χ0) is 39.7. The number of hydrogen-bond acceptors (Lipinski definition) is 0. The van der Waals surface area contributed by atoms with Gasteiger partial charge in [0.15, 0.2) is 8.07 Å². The molecule has 2 aromatic heterocycles. The Kier molecular flexibility index (Phi) is 6.84. The average molecular weight is 781 g/mol. The fraction of sp³-hybridized carbons (Fsp3) is 0.0526. The summed E-state index contributed by atoms with van der Waals surface area (Å²) >= 11 is 0. The van der Waals surface area contributed by atoms with Crippen molar-refractivity contribution in [2.24, 2.45) is 0 Å². The van der Waals surface area contributed by atoms with Crippen molar-refractivity contribution < 1.29 is 0 Å². The third-order valence-corrected chi connectivity index (χ3v) is 18.9. The maximum atomic E-state index is 2.52. The molecule has 13 rings (SSSR count). The van der Waals surface area contributed by atoms with E-state index in [0.29, 0.717) is 0 Å². The molecule has 1 aliphatic heterocycles. The second kappa shape index (κ2) is 12.2. The predicted molar refractivity (Wildman–Crippen MR) is 255 cm³/mol. The van der Waals surface area contributed by atoms with Crippen LogP contribution < -0.4 is 20.7 Å². The van der Waals surface area contributed by atoms with Crippen LogP contribution in [0.2, 0.25) is 0 Å². The van der Waals surface area contributed by atoms with Crippen molar-refractivity contribution in [3.63, 3.8) is 0 Å². The molecular weight excluding hydrogens is 741 g/mol. The molecule has 3 heterocycles. The lowest BCUT2D eigenvalue weighted by Gasteiger charge is -2.31. The minimum absolute atomic E-state index is 0.0828. The highest BCUT2D eigenvalue weighted by Gasteiger charge is 2.48. The van der Waals surface area contributed by atoms with Gasteiger partial charge in [-0.2, -0.15) is 0 Å². The second-order valence-corrected chi connectivity index (χ2v) is 21.0. The first-order chi connectivity index (χ1) is 29.5. The largest absolute Gasteiger partial charge is 0.309 e. The Morgan fingerprint density at radius 2 is 0.833 bits per heavy atom. The van der Waals surface area contributed by atoms with Gasteiger partial charge in [0.1, 0.15) is 0 Å². The first kappa shape index (κ1) is 33.7. The first-order valence-corrected chi connectivity index (χ1v) is 23.1. The van der Waals surface area contributed by atoms with Gasteiger partial charge in [0.2, 0.25) is 0 Å². The lowest BCUT2D eigenvalue weighted by molar-refractivity contribution is 0.660. The minimum Gasteiger partial charge on any atom is -0.309 e. The second-order valence-electron chi connectivity index (χ2n) is 17.2. The Morgan fingerprint density at radius 3 is 1.48 bits per heavy atom. The number of para-hydroxylation sites is 2. The number of hydrogen-bond donors (Lipinski definition) is 0. The quantitative estimate of drug-likeness (QED) is 0.157. The van der Waals surface area contributed by atoms with E-state index >= 15 is 0 Å². The Bertz CT molecular complexity index is 3540. The lowest BCUT2D eigenvalue weighted by Crippen LogP contribution is -2.72. The maximum absolute atomic E-state index is 2.67. The van der Waals surface area contributed by atoms with E-state index in [2.05, 4.69) is 229 Å². The van der Waals surface area contributed by atoms with E-state index in [1.54, 1.807) is 0 Å². The molecule has 0 atom stereocenters. The average Bonchev–Trinajstić information content (AvgIpc) is 3.98. The van der Waals surface area contributed by atoms with Crippen LogP contribution in [0.25, 0.3) is 77.2 Å². The summed E-state index contributed by atoms with van der Waals surface area (Å²) in [5.41, 5.74) is 15.4. The molecule has 0 saturated heterocycles. The predicted octanol–water partition coefficient (Wildman–Crippen LogP) is 11.5. The third-order valence-electron chi connectivity index (χ3n) is 14.0. The Morgan fingerprint density at radius 1 is 0.333 bits per heavy atom. The molecule has 2 aliphatic rings. The van der Waals surface area contributed by atoms with E-state index < -0.39 is 8.07 Å². The molecule has 9 aromatic carbocycles. The first-order valence-electron chi connectivity index (χ1n) is 21.1. The van der Waals surface area contributed by atoms with Crippen LogP contribution in [0.4, 0.5) is 0 Å². The molecule has 0 radical (unpaired) electrons. The van der Waals surface area contributed by atoms with Crippen molar-refractivity contribution in [1.82, 2.24) is 9.13 Å². The van der Waals surface area contributed by atoms with Gasteiger partial charge in [0.05, 0.1) is 22.1 Å². The molecule has 11 aromatic rings. The number of rotatable bonds is 4. The highest BCUT2D eigenvalue weighted by Crippen LogP contribution is 2.50. The van der Waals surface area contributed by atoms with E-state index in [0.717, 1.165) is 0 Å². The van der Waals surface area contributed by atoms with E-state index in [-0.39, 0.29) is 5.41 Å². The summed E-state index contributed by atoms with van der Waals surface area (Å²) in [7, 11) is -2.67. The number of fused-ring (bicyclic) bond motifs is 12. The normalized spacial score (nSPS) is 14.4. The summed E-state index contributed by atoms with van der Waals surface area (Å²) in [4.78, 5) is 0. The van der Waals surface area contributed by atoms with Gasteiger partial charge in [-0.3, -0.25) is 0 Å². The zero-order valence-electron chi connectivity index (χ0n) is 33.5. The van der Waals surface area contributed by atoms with Gasteiger partial charge in [0.25, 0.3) is 0 Å². The van der Waals surface area contributed by atoms with Crippen molar-refractivity contribution in [3.8, 4) is 33.6 Å². The van der Waals surface area contributed by atoms with Gasteiger partial charge in [-0.15, -0.1) is 0 Å². The van der Waals surface area contributed by atoms with Crippen molar-refractivity contribution in [3.05, 3.63) is 217 Å². The summed E-state index contributed by atoms with van der Waals surface area (Å²) in [6.07, 6.45) is 0. The zero-order valence-corrected chi connectivity index (χ0v) is 34.5. The summed E-state index contributed by atoms with van der Waals surface area (Å²) in [6.45, 7) is 4.74. The molecule has 0 amide bonds. The SMILES string of the molecule is CC1(C)c2ccccc2-c2ccc(-n3c4ccccc4c4cc5c(cc43)c3ccccc3n5-c3cccc([Si]4(c5ccccc5)c5ccccc5-c5ccccc54)c3)cc21. The Hall–Kier alpha value is -7.20. The van der Waals surface area contributed by atoms with Gasteiger partial charge < -0.3 is 9.13 Å². The fourth-order valence-corrected chi connectivity index (χ4v) is 16.6. The van der Waals surface area contributed by atoms with Crippen LogP contribution in [0.5, 0.6) is 0 Å². The van der Waals surface area contributed by atoms with Crippen LogP contribution in [-0.4, -0.2) is 17.2 Å². The van der Waals surface area contributed by atoms with Crippen LogP contribution in [-0.2, 0) is 5.41 Å². The van der Waals surface area contributed by atoms with Crippen molar-refractivity contribution in [1.29, 1.82) is 0 Å². The number of aromatic nitrogens is 2. The van der Waals surface area contributed by atoms with E-state index in [4.69, 9.17) is 0 Å². The molecule has 0 fully saturated rings. The van der Waals surface area contributed by atoms with Gasteiger partial charge in [-0.1, -0.05) is 172 Å². The third kappa shape index (κ3) is 4.32. The molecule has 0 spiro atoms. The molecule has 0 bridgehead atoms. The van der Waals surface area contributed by atoms with E-state index in [1.165, 1.54) is 109 Å². The molecule has 282 valence electrons. The molecule has 60 heavy (non-hydrogen) atoms. The number of benzene rings is 9. The summed E-state index contributed by atoms with van der Waals surface area (Å²) < 4.78 is 5.02. The van der Waals surface area contributed by atoms with Crippen LogP contribution in [0, 0.1) is 0 Å². The van der Waals surface area contributed by atoms with Crippen molar-refractivity contribution in [2.75, 3.05) is 0 Å². The van der Waals surface area contributed by atoms with Gasteiger partial charge >= 0.3 is 0 Å². The topological polar surface area (TPSA) is 9.86 Å². The van der Waals surface area contributed by atoms with Gasteiger partial charge in [0, 0.05) is 38.3 Å². The summed E-state index contributed by atoms with van der Waals surface area (Å²) in [5.74, 6) is 0. The smallest absolute Gasteiger partial charge is 0.180 e. The standard InChI is InChI=1S/C57H40N2Si/c1-57(2)49-26-11-6-21-41(49)42-32-31-38(34-50(42)57)59-52-28-13-8-23-44(52)48-35-53-47(36-54(48)59)43-22-7-12-27-51(43)58(53)37-17-16-20-40(33-37)60(39-18-4-3-5-19-39)55-29-14-9-24-45(55)46-25-10-15-30-56(46)60/h3-36H,1-2H3. The van der Waals surface area contributed by atoms with Crippen LogP contribution in [0.1, 0.15) is 25.0 Å². The van der Waals surface area contributed by atoms with Gasteiger partial charge in [-0.25, -0.2) is 0 Å². The molecule has 0 unspecified atom stereocenters.